The molecule has 1 N–H and O–H groups in total. The van der Waals surface area contributed by atoms with Crippen molar-refractivity contribution < 1.29 is 9.53 Å². The van der Waals surface area contributed by atoms with Gasteiger partial charge >= 0.3 is 0 Å². The number of carbonyl (C=O) groups excluding carboxylic acids is 1. The molecule has 1 fully saturated rings. The molecule has 0 saturated carbocycles. The predicted molar refractivity (Wildman–Crippen MR) is 120 cm³/mol. The zero-order valence-electron chi connectivity index (χ0n) is 17.5. The Hall–Kier alpha value is -3.78. The Morgan fingerprint density at radius 1 is 1.16 bits per heavy atom. The van der Waals surface area contributed by atoms with Crippen LogP contribution in [-0.2, 0) is 11.3 Å². The van der Waals surface area contributed by atoms with E-state index in [4.69, 9.17) is 4.74 Å². The molecule has 0 bridgehead atoms. The number of H-pyrrole nitrogens is 1. The van der Waals surface area contributed by atoms with Gasteiger partial charge in [-0.1, -0.05) is 12.1 Å². The monoisotopic (exact) mass is 429 g/mol. The van der Waals surface area contributed by atoms with Gasteiger partial charge in [0.1, 0.15) is 5.82 Å². The van der Waals surface area contributed by atoms with Crippen molar-refractivity contribution in [2.75, 3.05) is 13.2 Å². The Labute approximate surface area is 184 Å². The molecule has 3 heterocycles. The van der Waals surface area contributed by atoms with Crippen molar-refractivity contribution in [3.63, 3.8) is 0 Å². The minimum absolute atomic E-state index is 0.0190. The van der Waals surface area contributed by atoms with E-state index in [2.05, 4.69) is 15.1 Å². The molecule has 1 saturated heterocycles. The molecule has 1 atom stereocenters. The van der Waals surface area contributed by atoms with Gasteiger partial charge in [0.2, 0.25) is 0 Å². The molecule has 162 valence electrons. The third kappa shape index (κ3) is 4.17. The lowest BCUT2D eigenvalue weighted by Crippen LogP contribution is -2.37. The van der Waals surface area contributed by atoms with E-state index in [1.54, 1.807) is 46.1 Å². The normalized spacial score (nSPS) is 15.8. The highest BCUT2D eigenvalue weighted by molar-refractivity contribution is 5.94. The van der Waals surface area contributed by atoms with Crippen LogP contribution in [0.5, 0.6) is 0 Å². The lowest BCUT2D eigenvalue weighted by Gasteiger charge is -2.25. The summed E-state index contributed by atoms with van der Waals surface area (Å²) in [6.45, 7) is 1.34. The third-order valence-electron chi connectivity index (χ3n) is 5.62. The van der Waals surface area contributed by atoms with Gasteiger partial charge in [0, 0.05) is 31.1 Å². The number of fused-ring (bicyclic) bond motifs is 1. The van der Waals surface area contributed by atoms with Crippen molar-refractivity contribution in [1.29, 1.82) is 0 Å². The van der Waals surface area contributed by atoms with E-state index in [0.29, 0.717) is 35.4 Å². The fraction of sp³-hybridized carbons (Fsp3) is 0.250. The van der Waals surface area contributed by atoms with Crippen LogP contribution in [-0.4, -0.2) is 49.8 Å². The molecule has 8 heteroatoms. The van der Waals surface area contributed by atoms with E-state index in [9.17, 15) is 9.59 Å². The average molecular weight is 429 g/mol. The fourth-order valence-electron chi connectivity index (χ4n) is 4.00. The summed E-state index contributed by atoms with van der Waals surface area (Å²) in [4.78, 5) is 35.0. The fourth-order valence-corrected chi connectivity index (χ4v) is 4.00. The van der Waals surface area contributed by atoms with Crippen LogP contribution in [0.15, 0.2) is 71.8 Å². The highest BCUT2D eigenvalue weighted by atomic mass is 16.5. The molecule has 2 aromatic heterocycles. The molecule has 2 aromatic carbocycles. The number of rotatable bonds is 6. The first-order valence-corrected chi connectivity index (χ1v) is 10.7. The first-order valence-electron chi connectivity index (χ1n) is 10.7. The number of nitrogens with zero attached hydrogens (tertiary/aromatic N) is 4. The van der Waals surface area contributed by atoms with Crippen molar-refractivity contribution in [1.82, 2.24) is 24.6 Å². The number of nitrogens with one attached hydrogen (secondary N) is 1. The summed E-state index contributed by atoms with van der Waals surface area (Å²) in [5.74, 6) is 0.316. The van der Waals surface area contributed by atoms with Gasteiger partial charge in [-0.25, -0.2) is 9.67 Å². The number of aromatic amines is 1. The van der Waals surface area contributed by atoms with E-state index in [1.165, 1.54) is 0 Å². The van der Waals surface area contributed by atoms with Crippen LogP contribution in [0.25, 0.3) is 16.6 Å². The van der Waals surface area contributed by atoms with Crippen LogP contribution in [0.3, 0.4) is 0 Å². The van der Waals surface area contributed by atoms with Crippen LogP contribution in [0.2, 0.25) is 0 Å². The van der Waals surface area contributed by atoms with Gasteiger partial charge in [-0.15, -0.1) is 0 Å². The first-order chi connectivity index (χ1) is 15.7. The molecule has 4 aromatic rings. The number of carbonyl (C=O) groups is 1. The predicted octanol–water partition coefficient (Wildman–Crippen LogP) is 2.93. The Bertz CT molecular complexity index is 1280. The SMILES string of the molecule is O=C(c1ccc(-n2cccn2)cc1)N(Cc1nc2ccccc2c(=O)[nH]1)C[C@@H]1CCCO1. The molecule has 0 radical (unpaired) electrons. The average Bonchev–Trinajstić information content (AvgIpc) is 3.53. The Balaban J connectivity index is 1.42. The number of aromatic nitrogens is 4. The smallest absolute Gasteiger partial charge is 0.258 e. The molecular formula is C24H23N5O3. The maximum Gasteiger partial charge on any atom is 0.258 e. The number of hydrogen-bond donors (Lipinski definition) is 1. The molecule has 1 amide bonds. The highest BCUT2D eigenvalue weighted by Gasteiger charge is 2.24. The number of ether oxygens (including phenoxy) is 1. The molecule has 0 spiro atoms. The van der Waals surface area contributed by atoms with Gasteiger partial charge in [0.25, 0.3) is 11.5 Å². The van der Waals surface area contributed by atoms with Gasteiger partial charge < -0.3 is 14.6 Å². The zero-order chi connectivity index (χ0) is 21.9. The molecule has 5 rings (SSSR count). The quantitative estimate of drug-likeness (QED) is 0.509. The number of hydrogen-bond acceptors (Lipinski definition) is 5. The van der Waals surface area contributed by atoms with Crippen LogP contribution in [0, 0.1) is 0 Å². The molecular weight excluding hydrogens is 406 g/mol. The zero-order valence-corrected chi connectivity index (χ0v) is 17.5. The Morgan fingerprint density at radius 3 is 2.75 bits per heavy atom. The van der Waals surface area contributed by atoms with Crippen LogP contribution in [0.4, 0.5) is 0 Å². The topological polar surface area (TPSA) is 93.1 Å². The second kappa shape index (κ2) is 8.76. The van der Waals surface area contributed by atoms with Crippen molar-refractivity contribution >= 4 is 16.8 Å². The molecule has 32 heavy (non-hydrogen) atoms. The largest absolute Gasteiger partial charge is 0.376 e. The summed E-state index contributed by atoms with van der Waals surface area (Å²) in [5.41, 5.74) is 1.83. The lowest BCUT2D eigenvalue weighted by molar-refractivity contribution is 0.0501. The summed E-state index contributed by atoms with van der Waals surface area (Å²) >= 11 is 0. The highest BCUT2D eigenvalue weighted by Crippen LogP contribution is 2.18. The van der Waals surface area contributed by atoms with Crippen molar-refractivity contribution in [2.24, 2.45) is 0 Å². The minimum Gasteiger partial charge on any atom is -0.376 e. The number of benzene rings is 2. The van der Waals surface area contributed by atoms with Crippen molar-refractivity contribution in [3.8, 4) is 5.69 Å². The van der Waals surface area contributed by atoms with Crippen molar-refractivity contribution in [3.05, 3.63) is 88.7 Å². The van der Waals surface area contributed by atoms with Gasteiger partial charge in [-0.2, -0.15) is 5.10 Å². The van der Waals surface area contributed by atoms with Gasteiger partial charge in [0.15, 0.2) is 0 Å². The van der Waals surface area contributed by atoms with Crippen molar-refractivity contribution in [2.45, 2.75) is 25.5 Å². The van der Waals surface area contributed by atoms with E-state index in [1.807, 2.05) is 30.5 Å². The molecule has 1 aliphatic heterocycles. The Morgan fingerprint density at radius 2 is 2.00 bits per heavy atom. The van der Waals surface area contributed by atoms with Gasteiger partial charge in [-0.05, 0) is 55.3 Å². The van der Waals surface area contributed by atoms with Crippen LogP contribution >= 0.6 is 0 Å². The van der Waals surface area contributed by atoms with Crippen LogP contribution < -0.4 is 5.56 Å². The van der Waals surface area contributed by atoms with Gasteiger partial charge in [0.05, 0.1) is 29.2 Å². The second-order valence-corrected chi connectivity index (χ2v) is 7.85. The lowest BCUT2D eigenvalue weighted by atomic mass is 10.1. The van der Waals surface area contributed by atoms with Crippen LogP contribution in [0.1, 0.15) is 29.0 Å². The number of amides is 1. The molecule has 8 nitrogen and oxygen atoms in total. The van der Waals surface area contributed by atoms with Gasteiger partial charge in [-0.3, -0.25) is 9.59 Å². The molecule has 0 unspecified atom stereocenters. The number of para-hydroxylation sites is 1. The van der Waals surface area contributed by atoms with E-state index < -0.39 is 0 Å². The Kier molecular flexibility index (Phi) is 5.51. The molecule has 0 aliphatic carbocycles. The summed E-state index contributed by atoms with van der Waals surface area (Å²) in [5, 5.41) is 4.75. The maximum atomic E-state index is 13.4. The summed E-state index contributed by atoms with van der Waals surface area (Å²) in [6.07, 6.45) is 5.43. The summed E-state index contributed by atoms with van der Waals surface area (Å²) in [7, 11) is 0. The van der Waals surface area contributed by atoms with E-state index >= 15 is 0 Å². The minimum atomic E-state index is -0.210. The van der Waals surface area contributed by atoms with E-state index in [0.717, 1.165) is 18.5 Å². The van der Waals surface area contributed by atoms with E-state index in [-0.39, 0.29) is 24.1 Å². The second-order valence-electron chi connectivity index (χ2n) is 7.85. The standard InChI is InChI=1S/C24H23N5O3/c30-23-20-6-1-2-7-21(20)26-22(27-23)16-28(15-19-5-3-14-32-19)24(31)17-8-10-18(11-9-17)29-13-4-12-25-29/h1-2,4,6-13,19H,3,5,14-16H2,(H,26,27,30)/t19-/m0/s1. The molecule has 1 aliphatic rings. The third-order valence-corrected chi connectivity index (χ3v) is 5.62. The maximum absolute atomic E-state index is 13.4. The summed E-state index contributed by atoms with van der Waals surface area (Å²) in [6, 6.07) is 16.3. The summed E-state index contributed by atoms with van der Waals surface area (Å²) < 4.78 is 7.51. The first kappa shape index (κ1) is 20.1.